The maximum atomic E-state index is 2.47. The first-order valence-electron chi connectivity index (χ1n) is 9.16. The molecule has 1 aromatic heterocycles. The molecule has 0 spiro atoms. The van der Waals surface area contributed by atoms with Crippen LogP contribution in [0.25, 0.3) is 10.9 Å². The van der Waals surface area contributed by atoms with E-state index in [2.05, 4.69) is 86.2 Å². The molecular weight excluding hydrogens is 350 g/mol. The molecule has 0 amide bonds. The van der Waals surface area contributed by atoms with Crippen molar-refractivity contribution in [3.63, 3.8) is 0 Å². The van der Waals surface area contributed by atoms with Gasteiger partial charge in [-0.2, -0.15) is 0 Å². The highest BCUT2D eigenvalue weighted by Crippen LogP contribution is 2.39. The van der Waals surface area contributed by atoms with E-state index < -0.39 is 0 Å². The molecule has 2 aromatic rings. The standard InChI is InChI=1S/C20H31NS3/c1-5-7-13-22-16(3)21-15-20(18-11-9-10-12-19(18)21)24-17(4)23-14-8-6-2/h9-12,15-17H,5-8,13-14H2,1-4H3. The number of benzene rings is 1. The summed E-state index contributed by atoms with van der Waals surface area (Å²) in [7, 11) is 0. The molecule has 0 aliphatic carbocycles. The minimum atomic E-state index is 0.499. The lowest BCUT2D eigenvalue weighted by Gasteiger charge is -2.14. The summed E-state index contributed by atoms with van der Waals surface area (Å²) < 4.78 is 3.08. The van der Waals surface area contributed by atoms with Gasteiger partial charge in [0.25, 0.3) is 0 Å². The molecule has 0 aliphatic heterocycles. The van der Waals surface area contributed by atoms with Gasteiger partial charge >= 0.3 is 0 Å². The molecule has 0 saturated heterocycles. The third-order valence-corrected chi connectivity index (χ3v) is 7.93. The van der Waals surface area contributed by atoms with Gasteiger partial charge < -0.3 is 4.57 Å². The number of para-hydroxylation sites is 1. The Balaban J connectivity index is 2.12. The monoisotopic (exact) mass is 381 g/mol. The van der Waals surface area contributed by atoms with Gasteiger partial charge in [-0.3, -0.25) is 0 Å². The van der Waals surface area contributed by atoms with E-state index in [0.29, 0.717) is 9.96 Å². The smallest absolute Gasteiger partial charge is 0.0766 e. The van der Waals surface area contributed by atoms with Gasteiger partial charge in [0, 0.05) is 16.5 Å². The van der Waals surface area contributed by atoms with Crippen LogP contribution in [0.1, 0.15) is 58.8 Å². The van der Waals surface area contributed by atoms with Crippen molar-refractivity contribution in [3.05, 3.63) is 30.5 Å². The predicted octanol–water partition coefficient (Wildman–Crippen LogP) is 7.66. The van der Waals surface area contributed by atoms with Gasteiger partial charge in [0.2, 0.25) is 0 Å². The molecule has 0 fully saturated rings. The highest BCUT2D eigenvalue weighted by atomic mass is 32.2. The molecule has 0 aliphatic rings. The highest BCUT2D eigenvalue weighted by Gasteiger charge is 2.15. The van der Waals surface area contributed by atoms with Crippen LogP contribution in [0.5, 0.6) is 0 Å². The molecule has 0 bridgehead atoms. The third kappa shape index (κ3) is 5.67. The number of hydrogen-bond donors (Lipinski definition) is 0. The first kappa shape index (κ1) is 20.1. The fraction of sp³-hybridized carbons (Fsp3) is 0.600. The van der Waals surface area contributed by atoms with Crippen molar-refractivity contribution in [2.45, 2.75) is 68.2 Å². The average Bonchev–Trinajstić information content (AvgIpc) is 2.94. The minimum Gasteiger partial charge on any atom is -0.334 e. The van der Waals surface area contributed by atoms with Crippen LogP contribution in [0, 0.1) is 0 Å². The fourth-order valence-corrected chi connectivity index (χ4v) is 6.27. The van der Waals surface area contributed by atoms with Crippen molar-refractivity contribution >= 4 is 46.2 Å². The quantitative estimate of drug-likeness (QED) is 0.224. The Morgan fingerprint density at radius 1 is 0.958 bits per heavy atom. The highest BCUT2D eigenvalue weighted by molar-refractivity contribution is 8.17. The van der Waals surface area contributed by atoms with E-state index in [4.69, 9.17) is 0 Å². The van der Waals surface area contributed by atoms with Crippen LogP contribution in [0.3, 0.4) is 0 Å². The molecule has 24 heavy (non-hydrogen) atoms. The van der Waals surface area contributed by atoms with Crippen LogP contribution in [-0.2, 0) is 0 Å². The zero-order valence-electron chi connectivity index (χ0n) is 15.5. The number of rotatable bonds is 11. The van der Waals surface area contributed by atoms with Crippen molar-refractivity contribution in [2.24, 2.45) is 0 Å². The van der Waals surface area contributed by atoms with Crippen LogP contribution >= 0.6 is 35.3 Å². The molecular formula is C20H31NS3. The molecule has 2 unspecified atom stereocenters. The number of aromatic nitrogens is 1. The number of fused-ring (bicyclic) bond motifs is 1. The Bertz CT molecular complexity index is 608. The maximum absolute atomic E-state index is 2.47. The van der Waals surface area contributed by atoms with Gasteiger partial charge in [-0.25, -0.2) is 0 Å². The molecule has 0 radical (unpaired) electrons. The molecule has 0 N–H and O–H groups in total. The SMILES string of the molecule is CCCCSC(C)Sc1cn(C(C)SCCCC)c2ccccc12. The maximum Gasteiger partial charge on any atom is 0.0766 e. The Labute approximate surface area is 160 Å². The molecule has 1 nitrogen and oxygen atoms in total. The molecule has 1 aromatic carbocycles. The predicted molar refractivity (Wildman–Crippen MR) is 117 cm³/mol. The second-order valence-electron chi connectivity index (χ2n) is 6.15. The number of hydrogen-bond acceptors (Lipinski definition) is 3. The summed E-state index contributed by atoms with van der Waals surface area (Å²) in [6.07, 6.45) is 7.58. The topological polar surface area (TPSA) is 4.93 Å². The molecule has 2 rings (SSSR count). The average molecular weight is 382 g/mol. The third-order valence-electron chi connectivity index (χ3n) is 4.10. The van der Waals surface area contributed by atoms with E-state index >= 15 is 0 Å². The van der Waals surface area contributed by atoms with Crippen molar-refractivity contribution in [1.82, 2.24) is 4.57 Å². The Morgan fingerprint density at radius 3 is 2.33 bits per heavy atom. The van der Waals surface area contributed by atoms with Gasteiger partial charge in [-0.05, 0) is 44.3 Å². The zero-order chi connectivity index (χ0) is 17.4. The summed E-state index contributed by atoms with van der Waals surface area (Å²) in [4.78, 5) is 1.44. The Hall–Kier alpha value is -0.190. The van der Waals surface area contributed by atoms with E-state index in [9.17, 15) is 0 Å². The van der Waals surface area contributed by atoms with Gasteiger partial charge in [0.05, 0.1) is 15.5 Å². The largest absolute Gasteiger partial charge is 0.334 e. The molecule has 2 atom stereocenters. The summed E-state index contributed by atoms with van der Waals surface area (Å²) >= 11 is 6.18. The van der Waals surface area contributed by atoms with E-state index in [1.54, 1.807) is 0 Å². The molecule has 1 heterocycles. The van der Waals surface area contributed by atoms with Gasteiger partial charge in [-0.15, -0.1) is 35.3 Å². The van der Waals surface area contributed by atoms with E-state index in [0.717, 1.165) is 0 Å². The van der Waals surface area contributed by atoms with Crippen molar-refractivity contribution in [3.8, 4) is 0 Å². The summed E-state index contributed by atoms with van der Waals surface area (Å²) in [6, 6.07) is 8.88. The van der Waals surface area contributed by atoms with Crippen LogP contribution in [0.2, 0.25) is 0 Å². The Kier molecular flexibility index (Phi) is 8.99. The van der Waals surface area contributed by atoms with Gasteiger partial charge in [0.15, 0.2) is 0 Å². The van der Waals surface area contributed by atoms with Crippen molar-refractivity contribution < 1.29 is 0 Å². The lowest BCUT2D eigenvalue weighted by Crippen LogP contribution is -2.00. The minimum absolute atomic E-state index is 0.499. The Morgan fingerprint density at radius 2 is 1.62 bits per heavy atom. The van der Waals surface area contributed by atoms with E-state index in [-0.39, 0.29) is 0 Å². The van der Waals surface area contributed by atoms with Gasteiger partial charge in [0.1, 0.15) is 0 Å². The molecule has 0 saturated carbocycles. The second-order valence-corrected chi connectivity index (χ2v) is 10.7. The summed E-state index contributed by atoms with van der Waals surface area (Å²) in [5, 5.41) is 1.91. The van der Waals surface area contributed by atoms with Crippen LogP contribution < -0.4 is 0 Å². The number of nitrogens with zero attached hydrogens (tertiary/aromatic N) is 1. The van der Waals surface area contributed by atoms with E-state index in [1.807, 2.05) is 11.8 Å². The summed E-state index contributed by atoms with van der Waals surface area (Å²) in [6.45, 7) is 9.21. The van der Waals surface area contributed by atoms with Crippen LogP contribution in [0.15, 0.2) is 35.4 Å². The van der Waals surface area contributed by atoms with Crippen LogP contribution in [-0.4, -0.2) is 20.7 Å². The normalized spacial score (nSPS) is 14.2. The number of thioether (sulfide) groups is 3. The lowest BCUT2D eigenvalue weighted by molar-refractivity contribution is 0.762. The summed E-state index contributed by atoms with van der Waals surface area (Å²) in [5.74, 6) is 2.52. The van der Waals surface area contributed by atoms with E-state index in [1.165, 1.54) is 53.0 Å². The number of unbranched alkanes of at least 4 members (excludes halogenated alkanes) is 2. The van der Waals surface area contributed by atoms with Crippen molar-refractivity contribution in [1.29, 1.82) is 0 Å². The van der Waals surface area contributed by atoms with Crippen molar-refractivity contribution in [2.75, 3.05) is 11.5 Å². The molecule has 4 heteroatoms. The van der Waals surface area contributed by atoms with Gasteiger partial charge in [-0.1, -0.05) is 44.9 Å². The lowest BCUT2D eigenvalue weighted by atomic mass is 10.2. The first-order valence-corrected chi connectivity index (χ1v) is 12.1. The first-order chi connectivity index (χ1) is 11.7. The second kappa shape index (κ2) is 10.7. The zero-order valence-corrected chi connectivity index (χ0v) is 17.9. The summed E-state index contributed by atoms with van der Waals surface area (Å²) in [5.41, 5.74) is 1.38. The molecule has 134 valence electrons. The van der Waals surface area contributed by atoms with Crippen LogP contribution in [0.4, 0.5) is 0 Å². The fourth-order valence-electron chi connectivity index (χ4n) is 2.65.